The molecular formula is C18H12BrClN2O3. The Kier molecular flexibility index (Phi) is 4.01. The van der Waals surface area contributed by atoms with Gasteiger partial charge in [0.05, 0.1) is 10.9 Å². The van der Waals surface area contributed by atoms with Crippen LogP contribution < -0.4 is 10.6 Å². The van der Waals surface area contributed by atoms with Crippen LogP contribution in [-0.2, 0) is 20.9 Å². The number of amides is 2. The molecule has 2 aliphatic rings. The number of nitrogens with one attached hydrogen (secondary N) is 2. The van der Waals surface area contributed by atoms with Gasteiger partial charge in [0.15, 0.2) is 0 Å². The lowest BCUT2D eigenvalue weighted by atomic mass is 10.00. The fourth-order valence-electron chi connectivity index (χ4n) is 2.99. The number of halogens is 2. The van der Waals surface area contributed by atoms with Crippen molar-refractivity contribution in [3.8, 4) is 0 Å². The molecule has 2 aromatic rings. The SMILES string of the molecule is O=C(CBr)Nc1ccc2c(c1)/C(=C1/C(=O)Nc3ccc(Cl)cc31)OC2. The summed E-state index contributed by atoms with van der Waals surface area (Å²) >= 11 is 9.21. The van der Waals surface area contributed by atoms with Gasteiger partial charge in [-0.3, -0.25) is 9.59 Å². The highest BCUT2D eigenvalue weighted by atomic mass is 79.9. The van der Waals surface area contributed by atoms with Gasteiger partial charge in [0.25, 0.3) is 5.91 Å². The zero-order valence-electron chi connectivity index (χ0n) is 12.9. The number of hydrogen-bond acceptors (Lipinski definition) is 3. The molecular weight excluding hydrogens is 408 g/mol. The van der Waals surface area contributed by atoms with Crippen LogP contribution in [0.4, 0.5) is 11.4 Å². The van der Waals surface area contributed by atoms with Gasteiger partial charge in [-0.1, -0.05) is 33.6 Å². The van der Waals surface area contributed by atoms with Crippen LogP contribution in [-0.4, -0.2) is 17.1 Å². The molecule has 0 saturated heterocycles. The number of fused-ring (bicyclic) bond motifs is 2. The van der Waals surface area contributed by atoms with Gasteiger partial charge in [-0.25, -0.2) is 0 Å². The second-order valence-corrected chi connectivity index (χ2v) is 6.69. The number of alkyl halides is 1. The molecule has 0 aliphatic carbocycles. The second-order valence-electron chi connectivity index (χ2n) is 5.69. The minimum atomic E-state index is -0.227. The molecule has 2 aromatic carbocycles. The first-order valence-corrected chi connectivity index (χ1v) is 9.04. The Hall–Kier alpha value is -2.31. The molecule has 126 valence electrons. The zero-order valence-corrected chi connectivity index (χ0v) is 15.2. The van der Waals surface area contributed by atoms with E-state index in [2.05, 4.69) is 26.6 Å². The first-order valence-electron chi connectivity index (χ1n) is 7.54. The number of hydrogen-bond donors (Lipinski definition) is 2. The van der Waals surface area contributed by atoms with Crippen LogP contribution in [0.25, 0.3) is 11.3 Å². The van der Waals surface area contributed by atoms with Gasteiger partial charge in [0.2, 0.25) is 5.91 Å². The predicted octanol–water partition coefficient (Wildman–Crippen LogP) is 4.02. The lowest BCUT2D eigenvalue weighted by Gasteiger charge is -2.08. The monoisotopic (exact) mass is 418 g/mol. The van der Waals surface area contributed by atoms with Gasteiger partial charge >= 0.3 is 0 Å². The lowest BCUT2D eigenvalue weighted by Crippen LogP contribution is -2.12. The Morgan fingerprint density at radius 1 is 1.24 bits per heavy atom. The first-order chi connectivity index (χ1) is 12.1. The average Bonchev–Trinajstić information content (AvgIpc) is 3.14. The van der Waals surface area contributed by atoms with E-state index in [9.17, 15) is 9.59 Å². The van der Waals surface area contributed by atoms with Crippen molar-refractivity contribution in [2.45, 2.75) is 6.61 Å². The maximum absolute atomic E-state index is 12.5. The fourth-order valence-corrected chi connectivity index (χ4v) is 3.30. The Bertz CT molecular complexity index is 955. The molecule has 2 N–H and O–H groups in total. The van der Waals surface area contributed by atoms with Crippen LogP contribution >= 0.6 is 27.5 Å². The summed E-state index contributed by atoms with van der Waals surface area (Å²) in [7, 11) is 0. The van der Waals surface area contributed by atoms with Gasteiger partial charge in [0.1, 0.15) is 12.4 Å². The molecule has 0 saturated carbocycles. The van der Waals surface area contributed by atoms with Crippen molar-refractivity contribution in [3.05, 3.63) is 58.1 Å². The smallest absolute Gasteiger partial charge is 0.260 e. The number of ether oxygens (including phenoxy) is 1. The van der Waals surface area contributed by atoms with Crippen molar-refractivity contribution in [2.75, 3.05) is 16.0 Å². The summed E-state index contributed by atoms with van der Waals surface area (Å²) in [4.78, 5) is 24.1. The molecule has 2 heterocycles. The molecule has 0 aromatic heterocycles. The van der Waals surface area contributed by atoms with Gasteiger partial charge in [0, 0.05) is 33.1 Å². The van der Waals surface area contributed by atoms with Crippen LogP contribution in [0.5, 0.6) is 0 Å². The Labute approximate surface area is 157 Å². The van der Waals surface area contributed by atoms with Crippen LogP contribution in [0.1, 0.15) is 16.7 Å². The highest BCUT2D eigenvalue weighted by Gasteiger charge is 2.32. The van der Waals surface area contributed by atoms with Crippen molar-refractivity contribution in [3.63, 3.8) is 0 Å². The van der Waals surface area contributed by atoms with E-state index in [-0.39, 0.29) is 17.1 Å². The third-order valence-electron chi connectivity index (χ3n) is 4.08. The summed E-state index contributed by atoms with van der Waals surface area (Å²) in [6, 6.07) is 10.8. The molecule has 0 spiro atoms. The molecule has 7 heteroatoms. The Morgan fingerprint density at radius 2 is 2.08 bits per heavy atom. The van der Waals surface area contributed by atoms with Crippen molar-refractivity contribution < 1.29 is 14.3 Å². The van der Waals surface area contributed by atoms with E-state index in [1.807, 2.05) is 18.2 Å². The topological polar surface area (TPSA) is 67.4 Å². The van der Waals surface area contributed by atoms with Crippen LogP contribution in [0.2, 0.25) is 5.02 Å². The van der Waals surface area contributed by atoms with Crippen molar-refractivity contribution in [1.29, 1.82) is 0 Å². The molecule has 2 amide bonds. The minimum Gasteiger partial charge on any atom is -0.487 e. The number of carbonyl (C=O) groups is 2. The van der Waals surface area contributed by atoms with Crippen molar-refractivity contribution in [1.82, 2.24) is 0 Å². The molecule has 25 heavy (non-hydrogen) atoms. The standard InChI is InChI=1S/C18H12BrClN2O3/c19-7-15(23)21-11-3-1-9-8-25-17(12(9)6-11)16-13-5-10(20)2-4-14(13)22-18(16)24/h1-6H,7-8H2,(H,21,23)(H,22,24)/b17-16-. The number of carbonyl (C=O) groups excluding carboxylic acids is 2. The van der Waals surface area contributed by atoms with Crippen molar-refractivity contribution in [2.24, 2.45) is 0 Å². The normalized spacial score (nSPS) is 17.6. The molecule has 0 fully saturated rings. The van der Waals surface area contributed by atoms with Crippen LogP contribution in [0.15, 0.2) is 36.4 Å². The number of benzene rings is 2. The summed E-state index contributed by atoms with van der Waals surface area (Å²) in [5, 5.41) is 6.37. The van der Waals surface area contributed by atoms with Gasteiger partial charge in [-0.2, -0.15) is 0 Å². The molecule has 4 rings (SSSR count). The van der Waals surface area contributed by atoms with Gasteiger partial charge in [-0.15, -0.1) is 0 Å². The minimum absolute atomic E-state index is 0.149. The van der Waals surface area contributed by atoms with E-state index >= 15 is 0 Å². The molecule has 5 nitrogen and oxygen atoms in total. The van der Waals surface area contributed by atoms with Gasteiger partial charge in [-0.05, 0) is 30.3 Å². The average molecular weight is 420 g/mol. The predicted molar refractivity (Wildman–Crippen MR) is 101 cm³/mol. The third-order valence-corrected chi connectivity index (χ3v) is 4.83. The molecule has 2 aliphatic heterocycles. The van der Waals surface area contributed by atoms with Crippen molar-refractivity contribution >= 4 is 62.1 Å². The Morgan fingerprint density at radius 3 is 2.88 bits per heavy atom. The highest BCUT2D eigenvalue weighted by molar-refractivity contribution is 9.09. The number of rotatable bonds is 2. The van der Waals surface area contributed by atoms with E-state index in [4.69, 9.17) is 16.3 Å². The quantitative estimate of drug-likeness (QED) is 0.571. The largest absolute Gasteiger partial charge is 0.487 e. The van der Waals surface area contributed by atoms with Crippen LogP contribution in [0, 0.1) is 0 Å². The van der Waals surface area contributed by atoms with E-state index in [1.54, 1.807) is 18.2 Å². The van der Waals surface area contributed by atoms with E-state index in [1.165, 1.54) is 0 Å². The first kappa shape index (κ1) is 16.2. The van der Waals surface area contributed by atoms with E-state index < -0.39 is 0 Å². The second kappa shape index (κ2) is 6.20. The number of anilines is 2. The fraction of sp³-hybridized carbons (Fsp3) is 0.111. The maximum atomic E-state index is 12.5. The summed E-state index contributed by atoms with van der Waals surface area (Å²) in [6.07, 6.45) is 0. The molecule has 0 atom stereocenters. The van der Waals surface area contributed by atoms with E-state index in [0.29, 0.717) is 34.3 Å². The van der Waals surface area contributed by atoms with Crippen LogP contribution in [0.3, 0.4) is 0 Å². The lowest BCUT2D eigenvalue weighted by molar-refractivity contribution is -0.113. The summed E-state index contributed by atoms with van der Waals surface area (Å²) in [5.41, 5.74) is 4.29. The molecule has 0 unspecified atom stereocenters. The maximum Gasteiger partial charge on any atom is 0.260 e. The van der Waals surface area contributed by atoms with E-state index in [0.717, 1.165) is 16.7 Å². The zero-order chi connectivity index (χ0) is 17.6. The molecule has 0 bridgehead atoms. The Balaban J connectivity index is 1.84. The third kappa shape index (κ3) is 2.81. The molecule has 0 radical (unpaired) electrons. The summed E-state index contributed by atoms with van der Waals surface area (Å²) in [6.45, 7) is 0.379. The highest BCUT2D eigenvalue weighted by Crippen LogP contribution is 2.42. The summed E-state index contributed by atoms with van der Waals surface area (Å²) in [5.74, 6) is 0.127. The summed E-state index contributed by atoms with van der Waals surface area (Å²) < 4.78 is 5.81. The van der Waals surface area contributed by atoms with Gasteiger partial charge < -0.3 is 15.4 Å².